The smallest absolute Gasteiger partial charge is 0.224 e. The summed E-state index contributed by atoms with van der Waals surface area (Å²) in [5, 5.41) is 2.96. The van der Waals surface area contributed by atoms with E-state index in [0.717, 1.165) is 28.7 Å². The topological polar surface area (TPSA) is 57.8 Å². The largest absolute Gasteiger partial charge is 0.345 e. The SMILES string of the molecule is CCc1cccc(NC(=O)CCc2ccc3nc[nH]c3c2)c1. The van der Waals surface area contributed by atoms with Crippen molar-refractivity contribution in [3.05, 3.63) is 59.9 Å². The molecule has 4 heteroatoms. The molecule has 2 aromatic carbocycles. The number of benzene rings is 2. The summed E-state index contributed by atoms with van der Waals surface area (Å²) in [4.78, 5) is 19.3. The van der Waals surface area contributed by atoms with E-state index in [9.17, 15) is 4.79 Å². The molecule has 112 valence electrons. The Labute approximate surface area is 129 Å². The molecule has 0 fully saturated rings. The van der Waals surface area contributed by atoms with Gasteiger partial charge in [-0.15, -0.1) is 0 Å². The average Bonchev–Trinajstić information content (AvgIpc) is 3.00. The lowest BCUT2D eigenvalue weighted by Crippen LogP contribution is -2.12. The number of aryl methyl sites for hydroxylation is 2. The Bertz CT molecular complexity index is 792. The third kappa shape index (κ3) is 3.34. The summed E-state index contributed by atoms with van der Waals surface area (Å²) < 4.78 is 0. The minimum absolute atomic E-state index is 0.0398. The number of carbonyl (C=O) groups is 1. The standard InChI is InChI=1S/C18H19N3O/c1-2-13-4-3-5-15(10-13)21-18(22)9-7-14-6-8-16-17(11-14)20-12-19-16/h3-6,8,10-12H,2,7,9H2,1H3,(H,19,20)(H,21,22). The fraction of sp³-hybridized carbons (Fsp3) is 0.222. The molecule has 1 amide bonds. The molecule has 0 radical (unpaired) electrons. The number of imidazole rings is 1. The third-order valence-corrected chi connectivity index (χ3v) is 3.74. The Kier molecular flexibility index (Phi) is 4.19. The van der Waals surface area contributed by atoms with Gasteiger partial charge in [0, 0.05) is 12.1 Å². The van der Waals surface area contributed by atoms with Gasteiger partial charge in [0.2, 0.25) is 5.91 Å². The highest BCUT2D eigenvalue weighted by molar-refractivity contribution is 5.91. The second-order valence-electron chi connectivity index (χ2n) is 5.36. The van der Waals surface area contributed by atoms with Crippen LogP contribution in [0.5, 0.6) is 0 Å². The molecule has 1 heterocycles. The maximum Gasteiger partial charge on any atom is 0.224 e. The molecule has 0 bridgehead atoms. The Balaban J connectivity index is 1.59. The maximum atomic E-state index is 12.1. The summed E-state index contributed by atoms with van der Waals surface area (Å²) in [5.41, 5.74) is 5.18. The van der Waals surface area contributed by atoms with E-state index in [-0.39, 0.29) is 5.91 Å². The first-order valence-electron chi connectivity index (χ1n) is 7.55. The van der Waals surface area contributed by atoms with Crippen molar-refractivity contribution >= 4 is 22.6 Å². The highest BCUT2D eigenvalue weighted by Gasteiger charge is 2.05. The van der Waals surface area contributed by atoms with E-state index < -0.39 is 0 Å². The summed E-state index contributed by atoms with van der Waals surface area (Å²) in [6.07, 6.45) is 3.83. The van der Waals surface area contributed by atoms with Crippen LogP contribution in [0.25, 0.3) is 11.0 Å². The van der Waals surface area contributed by atoms with Gasteiger partial charge in [-0.2, -0.15) is 0 Å². The fourth-order valence-electron chi connectivity index (χ4n) is 2.49. The molecule has 3 aromatic rings. The lowest BCUT2D eigenvalue weighted by molar-refractivity contribution is -0.116. The van der Waals surface area contributed by atoms with Crippen molar-refractivity contribution in [2.24, 2.45) is 0 Å². The zero-order valence-corrected chi connectivity index (χ0v) is 12.6. The van der Waals surface area contributed by atoms with Crippen LogP contribution < -0.4 is 5.32 Å². The van der Waals surface area contributed by atoms with Crippen LogP contribution in [-0.2, 0) is 17.6 Å². The lowest BCUT2D eigenvalue weighted by Gasteiger charge is -2.07. The molecule has 1 aromatic heterocycles. The summed E-state index contributed by atoms with van der Waals surface area (Å²) in [6, 6.07) is 14.0. The first-order chi connectivity index (χ1) is 10.7. The van der Waals surface area contributed by atoms with E-state index in [0.29, 0.717) is 12.8 Å². The van der Waals surface area contributed by atoms with Gasteiger partial charge < -0.3 is 10.3 Å². The second-order valence-corrected chi connectivity index (χ2v) is 5.36. The normalized spacial score (nSPS) is 10.8. The van der Waals surface area contributed by atoms with E-state index in [1.54, 1.807) is 6.33 Å². The molecule has 0 saturated heterocycles. The molecule has 3 rings (SSSR count). The van der Waals surface area contributed by atoms with Gasteiger partial charge in [0.15, 0.2) is 0 Å². The van der Waals surface area contributed by atoms with Crippen LogP contribution in [0.1, 0.15) is 24.5 Å². The molecule has 0 aliphatic heterocycles. The van der Waals surface area contributed by atoms with Crippen molar-refractivity contribution in [2.75, 3.05) is 5.32 Å². The highest BCUT2D eigenvalue weighted by atomic mass is 16.1. The number of amides is 1. The van der Waals surface area contributed by atoms with Crippen LogP contribution in [0.4, 0.5) is 5.69 Å². The zero-order valence-electron chi connectivity index (χ0n) is 12.6. The number of anilines is 1. The van der Waals surface area contributed by atoms with Crippen LogP contribution in [0.15, 0.2) is 48.8 Å². The van der Waals surface area contributed by atoms with Crippen LogP contribution in [0, 0.1) is 0 Å². The predicted octanol–water partition coefficient (Wildman–Crippen LogP) is 3.70. The van der Waals surface area contributed by atoms with Crippen molar-refractivity contribution in [2.45, 2.75) is 26.2 Å². The van der Waals surface area contributed by atoms with Crippen molar-refractivity contribution in [3.63, 3.8) is 0 Å². The zero-order chi connectivity index (χ0) is 15.4. The van der Waals surface area contributed by atoms with Gasteiger partial charge >= 0.3 is 0 Å². The van der Waals surface area contributed by atoms with Crippen LogP contribution in [-0.4, -0.2) is 15.9 Å². The van der Waals surface area contributed by atoms with Crippen molar-refractivity contribution in [1.82, 2.24) is 9.97 Å². The van der Waals surface area contributed by atoms with E-state index in [1.165, 1.54) is 5.56 Å². The first kappa shape index (κ1) is 14.3. The second kappa shape index (κ2) is 6.43. The molecular weight excluding hydrogens is 274 g/mol. The molecular formula is C18H19N3O. The quantitative estimate of drug-likeness (QED) is 0.753. The Morgan fingerprint density at radius 2 is 2.09 bits per heavy atom. The predicted molar refractivity (Wildman–Crippen MR) is 88.9 cm³/mol. The number of carbonyl (C=O) groups excluding carboxylic acids is 1. The lowest BCUT2D eigenvalue weighted by atomic mass is 10.1. The molecule has 0 unspecified atom stereocenters. The van der Waals surface area contributed by atoms with Gasteiger partial charge in [0.25, 0.3) is 0 Å². The molecule has 0 aliphatic rings. The molecule has 0 saturated carbocycles. The van der Waals surface area contributed by atoms with Crippen LogP contribution in [0.3, 0.4) is 0 Å². The van der Waals surface area contributed by atoms with Crippen molar-refractivity contribution in [3.8, 4) is 0 Å². The number of aromatic nitrogens is 2. The summed E-state index contributed by atoms with van der Waals surface area (Å²) in [5.74, 6) is 0.0398. The number of rotatable bonds is 5. The molecule has 0 atom stereocenters. The van der Waals surface area contributed by atoms with E-state index >= 15 is 0 Å². The third-order valence-electron chi connectivity index (χ3n) is 3.74. The number of H-pyrrole nitrogens is 1. The minimum atomic E-state index is 0.0398. The minimum Gasteiger partial charge on any atom is -0.345 e. The summed E-state index contributed by atoms with van der Waals surface area (Å²) in [6.45, 7) is 2.10. The number of aromatic amines is 1. The molecule has 0 aliphatic carbocycles. The van der Waals surface area contributed by atoms with Crippen molar-refractivity contribution in [1.29, 1.82) is 0 Å². The van der Waals surface area contributed by atoms with E-state index in [1.807, 2.05) is 36.4 Å². The molecule has 22 heavy (non-hydrogen) atoms. The van der Waals surface area contributed by atoms with Gasteiger partial charge in [-0.25, -0.2) is 4.98 Å². The van der Waals surface area contributed by atoms with E-state index in [2.05, 4.69) is 28.3 Å². The van der Waals surface area contributed by atoms with Gasteiger partial charge in [0.05, 0.1) is 17.4 Å². The number of fused-ring (bicyclic) bond motifs is 1. The summed E-state index contributed by atoms with van der Waals surface area (Å²) >= 11 is 0. The fourth-order valence-corrected chi connectivity index (χ4v) is 2.49. The van der Waals surface area contributed by atoms with Gasteiger partial charge in [-0.05, 0) is 48.2 Å². The molecule has 0 spiro atoms. The first-order valence-corrected chi connectivity index (χ1v) is 7.55. The van der Waals surface area contributed by atoms with Gasteiger partial charge in [-0.3, -0.25) is 4.79 Å². The van der Waals surface area contributed by atoms with Crippen LogP contribution in [0.2, 0.25) is 0 Å². The number of hydrogen-bond donors (Lipinski definition) is 2. The van der Waals surface area contributed by atoms with E-state index in [4.69, 9.17) is 0 Å². The van der Waals surface area contributed by atoms with Gasteiger partial charge in [-0.1, -0.05) is 25.1 Å². The summed E-state index contributed by atoms with van der Waals surface area (Å²) in [7, 11) is 0. The number of nitrogens with one attached hydrogen (secondary N) is 2. The Morgan fingerprint density at radius 3 is 2.95 bits per heavy atom. The maximum absolute atomic E-state index is 12.1. The number of nitrogens with zero attached hydrogens (tertiary/aromatic N) is 1. The van der Waals surface area contributed by atoms with Gasteiger partial charge in [0.1, 0.15) is 0 Å². The molecule has 4 nitrogen and oxygen atoms in total. The Morgan fingerprint density at radius 1 is 1.18 bits per heavy atom. The molecule has 2 N–H and O–H groups in total. The highest BCUT2D eigenvalue weighted by Crippen LogP contribution is 2.14. The van der Waals surface area contributed by atoms with Crippen LogP contribution >= 0.6 is 0 Å². The van der Waals surface area contributed by atoms with Crippen molar-refractivity contribution < 1.29 is 4.79 Å². The monoisotopic (exact) mass is 293 g/mol. The Hall–Kier alpha value is -2.62. The average molecular weight is 293 g/mol. The number of hydrogen-bond acceptors (Lipinski definition) is 2.